The van der Waals surface area contributed by atoms with Crippen molar-refractivity contribution in [1.29, 1.82) is 5.26 Å². The van der Waals surface area contributed by atoms with Crippen LogP contribution in [0.25, 0.3) is 0 Å². The highest BCUT2D eigenvalue weighted by atomic mass is 15.1. The molecule has 12 heavy (non-hydrogen) atoms. The van der Waals surface area contributed by atoms with Crippen LogP contribution in [-0.4, -0.2) is 15.0 Å². The molecule has 0 aliphatic rings. The van der Waals surface area contributed by atoms with Gasteiger partial charge in [-0.25, -0.2) is 4.98 Å². The SMILES string of the molecule is CCc1nc(C)nc(NC#N)n1. The van der Waals surface area contributed by atoms with Gasteiger partial charge in [0.1, 0.15) is 11.6 Å². The Bertz CT molecular complexity index is 314. The Morgan fingerprint density at radius 1 is 1.42 bits per heavy atom. The Balaban J connectivity index is 2.99. The second-order valence-corrected chi connectivity index (χ2v) is 2.21. The minimum atomic E-state index is 0.321. The van der Waals surface area contributed by atoms with Crippen molar-refractivity contribution in [2.24, 2.45) is 0 Å². The molecule has 5 heteroatoms. The average molecular weight is 163 g/mol. The zero-order valence-corrected chi connectivity index (χ0v) is 7.00. The predicted molar refractivity (Wildman–Crippen MR) is 43.2 cm³/mol. The first-order valence-electron chi connectivity index (χ1n) is 3.63. The van der Waals surface area contributed by atoms with Gasteiger partial charge in [-0.3, -0.25) is 5.32 Å². The summed E-state index contributed by atoms with van der Waals surface area (Å²) in [5.41, 5.74) is 0. The molecule has 0 unspecified atom stereocenters. The van der Waals surface area contributed by atoms with E-state index >= 15 is 0 Å². The molecule has 0 aliphatic heterocycles. The zero-order chi connectivity index (χ0) is 8.97. The topological polar surface area (TPSA) is 74.5 Å². The number of nitrogens with one attached hydrogen (secondary N) is 1. The number of anilines is 1. The van der Waals surface area contributed by atoms with Gasteiger partial charge < -0.3 is 0 Å². The molecule has 62 valence electrons. The average Bonchev–Trinajstić information content (AvgIpc) is 2.04. The standard InChI is InChI=1S/C7H9N5/c1-3-6-10-5(2)11-7(12-6)9-4-8/h3H2,1-2H3,(H,9,10,11,12). The summed E-state index contributed by atoms with van der Waals surface area (Å²) in [7, 11) is 0. The molecule has 0 saturated heterocycles. The smallest absolute Gasteiger partial charge is 0.239 e. The van der Waals surface area contributed by atoms with Gasteiger partial charge in [0.2, 0.25) is 5.95 Å². The molecule has 5 nitrogen and oxygen atoms in total. The Morgan fingerprint density at radius 2 is 2.17 bits per heavy atom. The van der Waals surface area contributed by atoms with Crippen LogP contribution in [0.15, 0.2) is 0 Å². The van der Waals surface area contributed by atoms with E-state index in [9.17, 15) is 0 Å². The fourth-order valence-electron chi connectivity index (χ4n) is 0.801. The van der Waals surface area contributed by atoms with Gasteiger partial charge in [-0.1, -0.05) is 6.92 Å². The quantitative estimate of drug-likeness (QED) is 0.511. The zero-order valence-electron chi connectivity index (χ0n) is 7.00. The molecule has 0 amide bonds. The molecule has 0 aliphatic carbocycles. The lowest BCUT2D eigenvalue weighted by Crippen LogP contribution is -2.03. The lowest BCUT2D eigenvalue weighted by Gasteiger charge is -1.99. The first kappa shape index (κ1) is 8.40. The van der Waals surface area contributed by atoms with Gasteiger partial charge in [0.25, 0.3) is 0 Å². The molecule has 0 saturated carbocycles. The van der Waals surface area contributed by atoms with Gasteiger partial charge in [0.15, 0.2) is 6.19 Å². The molecule has 0 bridgehead atoms. The number of hydrogen-bond acceptors (Lipinski definition) is 5. The molecule has 1 N–H and O–H groups in total. The highest BCUT2D eigenvalue weighted by Crippen LogP contribution is 1.99. The summed E-state index contributed by atoms with van der Waals surface area (Å²) in [5.74, 6) is 1.64. The van der Waals surface area contributed by atoms with E-state index in [4.69, 9.17) is 5.26 Å². The van der Waals surface area contributed by atoms with Crippen LogP contribution in [-0.2, 0) is 6.42 Å². The lowest BCUT2D eigenvalue weighted by atomic mass is 10.4. The van der Waals surface area contributed by atoms with Crippen LogP contribution in [0.3, 0.4) is 0 Å². The molecule has 1 rings (SSSR count). The second-order valence-electron chi connectivity index (χ2n) is 2.21. The summed E-state index contributed by atoms with van der Waals surface area (Å²) in [6, 6.07) is 0. The largest absolute Gasteiger partial charge is 0.261 e. The molecule has 1 aromatic heterocycles. The normalized spacial score (nSPS) is 9.08. The fourth-order valence-corrected chi connectivity index (χ4v) is 0.801. The third kappa shape index (κ3) is 1.89. The van der Waals surface area contributed by atoms with E-state index in [0.717, 1.165) is 6.42 Å². The maximum absolute atomic E-state index is 8.31. The van der Waals surface area contributed by atoms with Crippen LogP contribution < -0.4 is 5.32 Å². The Morgan fingerprint density at radius 3 is 2.75 bits per heavy atom. The molecular weight excluding hydrogens is 154 g/mol. The van der Waals surface area contributed by atoms with Crippen LogP contribution in [0.4, 0.5) is 5.95 Å². The van der Waals surface area contributed by atoms with E-state index in [2.05, 4.69) is 20.3 Å². The second kappa shape index (κ2) is 3.62. The number of hydrogen-bond donors (Lipinski definition) is 1. The van der Waals surface area contributed by atoms with Gasteiger partial charge in [-0.05, 0) is 6.92 Å². The molecule has 0 radical (unpaired) electrons. The number of aromatic nitrogens is 3. The van der Waals surface area contributed by atoms with Crippen LogP contribution in [0.5, 0.6) is 0 Å². The van der Waals surface area contributed by atoms with Crippen molar-refractivity contribution in [3.05, 3.63) is 11.6 Å². The van der Waals surface area contributed by atoms with Gasteiger partial charge >= 0.3 is 0 Å². The maximum Gasteiger partial charge on any atom is 0.239 e. The first-order chi connectivity index (χ1) is 5.76. The van der Waals surface area contributed by atoms with E-state index in [1.165, 1.54) is 0 Å². The molecule has 0 aromatic carbocycles. The predicted octanol–water partition coefficient (Wildman–Crippen LogP) is 0.635. The van der Waals surface area contributed by atoms with E-state index in [-0.39, 0.29) is 0 Å². The minimum Gasteiger partial charge on any atom is -0.261 e. The van der Waals surface area contributed by atoms with Gasteiger partial charge in [0, 0.05) is 6.42 Å². The molecule has 1 aromatic rings. The minimum absolute atomic E-state index is 0.321. The van der Waals surface area contributed by atoms with Crippen molar-refractivity contribution in [1.82, 2.24) is 15.0 Å². The van der Waals surface area contributed by atoms with Crippen molar-refractivity contribution >= 4 is 5.95 Å². The van der Waals surface area contributed by atoms with E-state index < -0.39 is 0 Å². The van der Waals surface area contributed by atoms with Crippen molar-refractivity contribution in [3.8, 4) is 6.19 Å². The van der Waals surface area contributed by atoms with E-state index in [0.29, 0.717) is 17.6 Å². The molecule has 0 spiro atoms. The Kier molecular flexibility index (Phi) is 2.53. The number of aryl methyl sites for hydroxylation is 2. The van der Waals surface area contributed by atoms with Crippen molar-refractivity contribution in [3.63, 3.8) is 0 Å². The van der Waals surface area contributed by atoms with E-state index in [1.807, 2.05) is 6.92 Å². The third-order valence-electron chi connectivity index (χ3n) is 1.28. The highest BCUT2D eigenvalue weighted by Gasteiger charge is 1.99. The maximum atomic E-state index is 8.31. The summed E-state index contributed by atoms with van der Waals surface area (Å²) in [6.07, 6.45) is 2.50. The van der Waals surface area contributed by atoms with E-state index in [1.54, 1.807) is 13.1 Å². The molecule has 0 fully saturated rings. The highest BCUT2D eigenvalue weighted by molar-refractivity contribution is 5.29. The van der Waals surface area contributed by atoms with Gasteiger partial charge in [0.05, 0.1) is 0 Å². The molecular formula is C7H9N5. The monoisotopic (exact) mass is 163 g/mol. The van der Waals surface area contributed by atoms with Gasteiger partial charge in [-0.15, -0.1) is 0 Å². The van der Waals surface area contributed by atoms with Crippen molar-refractivity contribution in [2.75, 3.05) is 5.32 Å². The van der Waals surface area contributed by atoms with Crippen molar-refractivity contribution < 1.29 is 0 Å². The molecule has 0 atom stereocenters. The summed E-state index contributed by atoms with van der Waals surface area (Å²) in [6.45, 7) is 3.72. The van der Waals surface area contributed by atoms with Crippen LogP contribution in [0, 0.1) is 18.4 Å². The van der Waals surface area contributed by atoms with Crippen molar-refractivity contribution in [2.45, 2.75) is 20.3 Å². The Labute approximate surface area is 70.5 Å². The van der Waals surface area contributed by atoms with Crippen LogP contribution in [0.2, 0.25) is 0 Å². The summed E-state index contributed by atoms with van der Waals surface area (Å²) < 4.78 is 0. The number of rotatable bonds is 2. The van der Waals surface area contributed by atoms with Crippen LogP contribution >= 0.6 is 0 Å². The first-order valence-corrected chi connectivity index (χ1v) is 3.63. The summed E-state index contributed by atoms with van der Waals surface area (Å²) in [4.78, 5) is 12.0. The summed E-state index contributed by atoms with van der Waals surface area (Å²) in [5, 5.41) is 10.7. The van der Waals surface area contributed by atoms with Gasteiger partial charge in [-0.2, -0.15) is 15.2 Å². The number of nitrogens with zero attached hydrogens (tertiary/aromatic N) is 4. The number of nitriles is 1. The third-order valence-corrected chi connectivity index (χ3v) is 1.28. The summed E-state index contributed by atoms with van der Waals surface area (Å²) >= 11 is 0. The Hall–Kier alpha value is -1.70. The molecule has 1 heterocycles. The fraction of sp³-hybridized carbons (Fsp3) is 0.429. The lowest BCUT2D eigenvalue weighted by molar-refractivity contribution is 0.870. The van der Waals surface area contributed by atoms with Crippen LogP contribution in [0.1, 0.15) is 18.6 Å².